The molecule has 0 aliphatic rings. The van der Waals surface area contributed by atoms with Gasteiger partial charge in [0.1, 0.15) is 0 Å². The van der Waals surface area contributed by atoms with Gasteiger partial charge in [-0.2, -0.15) is 4.68 Å². The first-order valence-electron chi connectivity index (χ1n) is 3.12. The zero-order valence-corrected chi connectivity index (χ0v) is 6.02. The lowest BCUT2D eigenvalue weighted by atomic mass is 10.5. The second-order valence-corrected chi connectivity index (χ2v) is 2.02. The maximum Gasteiger partial charge on any atom is 0.412 e. The Hall–Kier alpha value is -1.59. The fraction of sp³-hybridized carbons (Fsp3) is 0.400. The Labute approximate surface area is 62.8 Å². The zero-order valence-electron chi connectivity index (χ0n) is 6.02. The van der Waals surface area contributed by atoms with E-state index in [4.69, 9.17) is 5.73 Å². The summed E-state index contributed by atoms with van der Waals surface area (Å²) in [7, 11) is 0. The van der Waals surface area contributed by atoms with Crippen LogP contribution in [-0.4, -0.2) is 14.7 Å². The van der Waals surface area contributed by atoms with Crippen molar-refractivity contribution in [3.05, 3.63) is 16.3 Å². The Morgan fingerprint density at radius 3 is 2.82 bits per heavy atom. The molecule has 1 rings (SSSR count). The molecule has 0 fully saturated rings. The number of nitrogen functional groups attached to an aromatic ring is 1. The molecule has 11 heavy (non-hydrogen) atoms. The number of aromatic nitrogens is 2. The molecule has 6 nitrogen and oxygen atoms in total. The Balaban J connectivity index is 3.07. The van der Waals surface area contributed by atoms with E-state index < -0.39 is 4.92 Å². The summed E-state index contributed by atoms with van der Waals surface area (Å²) in [5, 5.41) is 13.8. The predicted octanol–water partition coefficient (Wildman–Crippen LogP) is 0.393. The monoisotopic (exact) mass is 156 g/mol. The van der Waals surface area contributed by atoms with Crippen LogP contribution in [0.1, 0.15) is 6.92 Å². The second-order valence-electron chi connectivity index (χ2n) is 2.02. The fourth-order valence-electron chi connectivity index (χ4n) is 0.730. The molecule has 2 N–H and O–H groups in total. The quantitative estimate of drug-likeness (QED) is 0.495. The number of nitro groups is 1. The van der Waals surface area contributed by atoms with E-state index in [1.807, 2.05) is 6.92 Å². The highest BCUT2D eigenvalue weighted by atomic mass is 16.6. The molecule has 0 saturated heterocycles. The number of hydrogen-bond donors (Lipinski definition) is 1. The highest BCUT2D eigenvalue weighted by molar-refractivity contribution is 5.51. The molecular weight excluding hydrogens is 148 g/mol. The van der Waals surface area contributed by atoms with E-state index in [0.717, 1.165) is 0 Å². The molecule has 0 atom stereocenters. The first-order valence-corrected chi connectivity index (χ1v) is 3.12. The van der Waals surface area contributed by atoms with Crippen LogP contribution in [0, 0.1) is 10.1 Å². The minimum Gasteiger partial charge on any atom is -0.390 e. The van der Waals surface area contributed by atoms with Crippen molar-refractivity contribution in [2.75, 3.05) is 5.73 Å². The molecule has 1 aromatic rings. The summed E-state index contributed by atoms with van der Waals surface area (Å²) in [6.45, 7) is 2.41. The van der Waals surface area contributed by atoms with Gasteiger partial charge >= 0.3 is 5.82 Å². The third-order valence-corrected chi connectivity index (χ3v) is 1.27. The second kappa shape index (κ2) is 2.57. The maximum absolute atomic E-state index is 10.2. The maximum atomic E-state index is 10.2. The SMILES string of the molecule is CCn1cc(N)c([N+](=O)[O-])n1. The summed E-state index contributed by atoms with van der Waals surface area (Å²) in [6, 6.07) is 0. The molecule has 0 spiro atoms. The van der Waals surface area contributed by atoms with Crippen LogP contribution in [0.2, 0.25) is 0 Å². The Morgan fingerprint density at radius 1 is 1.91 bits per heavy atom. The third-order valence-electron chi connectivity index (χ3n) is 1.27. The molecule has 0 aromatic carbocycles. The molecule has 0 unspecified atom stereocenters. The average Bonchev–Trinajstić information content (AvgIpc) is 2.30. The first kappa shape index (κ1) is 7.52. The first-order chi connectivity index (χ1) is 5.15. The lowest BCUT2D eigenvalue weighted by molar-refractivity contribution is -0.388. The molecule has 0 bridgehead atoms. The molecule has 1 aromatic heterocycles. The van der Waals surface area contributed by atoms with Crippen molar-refractivity contribution >= 4 is 11.5 Å². The van der Waals surface area contributed by atoms with Crippen molar-refractivity contribution in [1.29, 1.82) is 0 Å². The molecule has 0 aliphatic heterocycles. The van der Waals surface area contributed by atoms with Gasteiger partial charge in [-0.3, -0.25) is 0 Å². The number of rotatable bonds is 2. The van der Waals surface area contributed by atoms with Gasteiger partial charge in [0.25, 0.3) is 0 Å². The van der Waals surface area contributed by atoms with Gasteiger partial charge in [0.2, 0.25) is 0 Å². The van der Waals surface area contributed by atoms with Crippen LogP contribution in [0.25, 0.3) is 0 Å². The number of nitrogens with zero attached hydrogens (tertiary/aromatic N) is 3. The number of hydrogen-bond acceptors (Lipinski definition) is 4. The van der Waals surface area contributed by atoms with Crippen molar-refractivity contribution in [3.8, 4) is 0 Å². The smallest absolute Gasteiger partial charge is 0.390 e. The Bertz CT molecular complexity index is 280. The van der Waals surface area contributed by atoms with Gasteiger partial charge in [0.15, 0.2) is 5.69 Å². The van der Waals surface area contributed by atoms with Crippen LogP contribution in [0.4, 0.5) is 11.5 Å². The highest BCUT2D eigenvalue weighted by Crippen LogP contribution is 2.16. The highest BCUT2D eigenvalue weighted by Gasteiger charge is 2.16. The van der Waals surface area contributed by atoms with Gasteiger partial charge < -0.3 is 15.8 Å². The topological polar surface area (TPSA) is 87.0 Å². The number of aryl methyl sites for hydroxylation is 1. The summed E-state index contributed by atoms with van der Waals surface area (Å²) in [4.78, 5) is 9.61. The molecule has 6 heteroatoms. The number of nitrogens with two attached hydrogens (primary N) is 1. The minimum absolute atomic E-state index is 0.108. The van der Waals surface area contributed by atoms with Gasteiger partial charge in [0.05, 0.1) is 17.8 Å². The van der Waals surface area contributed by atoms with Gasteiger partial charge in [-0.1, -0.05) is 0 Å². The van der Waals surface area contributed by atoms with Crippen LogP contribution in [-0.2, 0) is 6.54 Å². The van der Waals surface area contributed by atoms with Crippen LogP contribution in [0.5, 0.6) is 0 Å². The fourth-order valence-corrected chi connectivity index (χ4v) is 0.730. The molecule has 0 aliphatic carbocycles. The van der Waals surface area contributed by atoms with Crippen molar-refractivity contribution in [1.82, 2.24) is 9.78 Å². The minimum atomic E-state index is -0.596. The van der Waals surface area contributed by atoms with E-state index in [9.17, 15) is 10.1 Å². The summed E-state index contributed by atoms with van der Waals surface area (Å²) in [6.07, 6.45) is 1.44. The van der Waals surface area contributed by atoms with Crippen molar-refractivity contribution in [2.45, 2.75) is 13.5 Å². The molecule has 60 valence electrons. The van der Waals surface area contributed by atoms with Crippen LogP contribution in [0.3, 0.4) is 0 Å². The number of anilines is 1. The molecule has 0 saturated carbocycles. The summed E-state index contributed by atoms with van der Waals surface area (Å²) >= 11 is 0. The predicted molar refractivity (Wildman–Crippen MR) is 39.0 cm³/mol. The van der Waals surface area contributed by atoms with E-state index >= 15 is 0 Å². The van der Waals surface area contributed by atoms with E-state index in [-0.39, 0.29) is 11.5 Å². The zero-order chi connectivity index (χ0) is 8.43. The Morgan fingerprint density at radius 2 is 2.55 bits per heavy atom. The summed E-state index contributed by atoms with van der Waals surface area (Å²) < 4.78 is 1.42. The van der Waals surface area contributed by atoms with Crippen molar-refractivity contribution in [2.24, 2.45) is 0 Å². The van der Waals surface area contributed by atoms with Gasteiger partial charge in [-0.15, -0.1) is 0 Å². The van der Waals surface area contributed by atoms with Crippen LogP contribution in [0.15, 0.2) is 6.20 Å². The molecule has 0 radical (unpaired) electrons. The Kier molecular flexibility index (Phi) is 1.75. The standard InChI is InChI=1S/C5H8N4O2/c1-2-8-3-4(6)5(7-8)9(10)11/h3H,2,6H2,1H3. The molecule has 1 heterocycles. The van der Waals surface area contributed by atoms with E-state index in [1.54, 1.807) is 0 Å². The average molecular weight is 156 g/mol. The summed E-state index contributed by atoms with van der Waals surface area (Å²) in [5.74, 6) is -0.271. The van der Waals surface area contributed by atoms with Crippen LogP contribution < -0.4 is 5.73 Å². The van der Waals surface area contributed by atoms with E-state index in [2.05, 4.69) is 5.10 Å². The lowest BCUT2D eigenvalue weighted by Gasteiger charge is -1.85. The molecule has 0 amide bonds. The van der Waals surface area contributed by atoms with E-state index in [0.29, 0.717) is 6.54 Å². The van der Waals surface area contributed by atoms with E-state index in [1.165, 1.54) is 10.9 Å². The van der Waals surface area contributed by atoms with Gasteiger partial charge in [-0.05, 0) is 11.8 Å². The van der Waals surface area contributed by atoms with Gasteiger partial charge in [0, 0.05) is 0 Å². The summed E-state index contributed by atoms with van der Waals surface area (Å²) in [5.41, 5.74) is 5.40. The van der Waals surface area contributed by atoms with Crippen molar-refractivity contribution < 1.29 is 4.92 Å². The lowest BCUT2D eigenvalue weighted by Crippen LogP contribution is -1.96. The van der Waals surface area contributed by atoms with Gasteiger partial charge in [-0.25, -0.2) is 0 Å². The third kappa shape index (κ3) is 1.28. The molecular formula is C5H8N4O2. The van der Waals surface area contributed by atoms with Crippen LogP contribution >= 0.6 is 0 Å². The normalized spacial score (nSPS) is 9.91. The van der Waals surface area contributed by atoms with Crippen molar-refractivity contribution in [3.63, 3.8) is 0 Å². The largest absolute Gasteiger partial charge is 0.412 e.